The molecule has 0 aromatic heterocycles. The monoisotopic (exact) mass is 294 g/mol. The molecule has 110 valence electrons. The summed E-state index contributed by atoms with van der Waals surface area (Å²) >= 11 is 0. The quantitative estimate of drug-likeness (QED) is 0.832. The molecule has 1 aromatic rings. The molecule has 0 bridgehead atoms. The smallest absolute Gasteiger partial charge is 0.220 e. The molecule has 1 atom stereocenters. The first-order valence-electron chi connectivity index (χ1n) is 7.04. The standard InChI is InChI=1S/C15H22N2O2S/c1-11(12-2-4-13(16)5-3-12)10-15(18)17-14-6-8-20(19)9-7-14/h2-5,11,14H,6-10,16H2,1H3,(H,17,18). The van der Waals surface area contributed by atoms with Gasteiger partial charge in [0.1, 0.15) is 0 Å². The molecule has 0 saturated carbocycles. The Labute approximate surface area is 122 Å². The van der Waals surface area contributed by atoms with Crippen molar-refractivity contribution in [3.63, 3.8) is 0 Å². The van der Waals surface area contributed by atoms with Gasteiger partial charge in [0.15, 0.2) is 0 Å². The number of carbonyl (C=O) groups excluding carboxylic acids is 1. The van der Waals surface area contributed by atoms with Crippen LogP contribution >= 0.6 is 0 Å². The van der Waals surface area contributed by atoms with Crippen LogP contribution in [0.2, 0.25) is 0 Å². The van der Waals surface area contributed by atoms with Crippen molar-refractivity contribution >= 4 is 22.4 Å². The summed E-state index contributed by atoms with van der Waals surface area (Å²) in [5, 5.41) is 3.05. The number of hydrogen-bond donors (Lipinski definition) is 2. The summed E-state index contributed by atoms with van der Waals surface area (Å²) in [5.41, 5.74) is 7.52. The summed E-state index contributed by atoms with van der Waals surface area (Å²) < 4.78 is 11.3. The lowest BCUT2D eigenvalue weighted by atomic mass is 9.97. The maximum Gasteiger partial charge on any atom is 0.220 e. The third-order valence-electron chi connectivity index (χ3n) is 3.75. The molecule has 0 aliphatic carbocycles. The van der Waals surface area contributed by atoms with Crippen molar-refractivity contribution in [3.05, 3.63) is 29.8 Å². The van der Waals surface area contributed by atoms with E-state index < -0.39 is 10.8 Å². The van der Waals surface area contributed by atoms with Crippen LogP contribution in [0.4, 0.5) is 5.69 Å². The summed E-state index contributed by atoms with van der Waals surface area (Å²) in [7, 11) is -0.682. The van der Waals surface area contributed by atoms with Gasteiger partial charge in [-0.3, -0.25) is 9.00 Å². The number of nitrogens with two attached hydrogens (primary N) is 1. The maximum absolute atomic E-state index is 12.0. The second-order valence-corrected chi connectivity index (χ2v) is 7.16. The van der Waals surface area contributed by atoms with Gasteiger partial charge in [-0.15, -0.1) is 0 Å². The van der Waals surface area contributed by atoms with Gasteiger partial charge in [0, 0.05) is 40.5 Å². The Morgan fingerprint density at radius 2 is 1.95 bits per heavy atom. The number of rotatable bonds is 4. The van der Waals surface area contributed by atoms with Gasteiger partial charge in [0.25, 0.3) is 0 Å². The first-order valence-corrected chi connectivity index (χ1v) is 8.53. The topological polar surface area (TPSA) is 72.2 Å². The normalized spacial score (nSPS) is 24.1. The van der Waals surface area contributed by atoms with E-state index in [1.165, 1.54) is 0 Å². The predicted octanol–water partition coefficient (Wildman–Crippen LogP) is 1.79. The van der Waals surface area contributed by atoms with Gasteiger partial charge in [0.2, 0.25) is 5.91 Å². The molecule has 1 unspecified atom stereocenters. The maximum atomic E-state index is 12.0. The predicted molar refractivity (Wildman–Crippen MR) is 82.9 cm³/mol. The van der Waals surface area contributed by atoms with Gasteiger partial charge in [-0.1, -0.05) is 19.1 Å². The number of nitrogens with one attached hydrogen (secondary N) is 1. The van der Waals surface area contributed by atoms with Crippen LogP contribution in [-0.4, -0.2) is 27.7 Å². The molecule has 20 heavy (non-hydrogen) atoms. The minimum atomic E-state index is -0.682. The van der Waals surface area contributed by atoms with Crippen molar-refractivity contribution in [3.8, 4) is 0 Å². The molecule has 0 spiro atoms. The molecule has 1 amide bonds. The SMILES string of the molecule is CC(CC(=O)NC1CCS(=O)CC1)c1ccc(N)cc1. The van der Waals surface area contributed by atoms with Crippen LogP contribution in [0.3, 0.4) is 0 Å². The van der Waals surface area contributed by atoms with E-state index in [1.807, 2.05) is 31.2 Å². The highest BCUT2D eigenvalue weighted by Crippen LogP contribution is 2.20. The zero-order valence-electron chi connectivity index (χ0n) is 11.8. The lowest BCUT2D eigenvalue weighted by molar-refractivity contribution is -0.122. The Morgan fingerprint density at radius 1 is 1.35 bits per heavy atom. The second-order valence-electron chi connectivity index (χ2n) is 5.46. The van der Waals surface area contributed by atoms with E-state index in [0.29, 0.717) is 17.9 Å². The van der Waals surface area contributed by atoms with E-state index in [4.69, 9.17) is 5.73 Å². The van der Waals surface area contributed by atoms with E-state index in [-0.39, 0.29) is 17.9 Å². The molecule has 1 aliphatic rings. The van der Waals surface area contributed by atoms with Gasteiger partial charge < -0.3 is 11.1 Å². The minimum Gasteiger partial charge on any atom is -0.399 e. The molecule has 1 saturated heterocycles. The van der Waals surface area contributed by atoms with Crippen LogP contribution in [0, 0.1) is 0 Å². The van der Waals surface area contributed by atoms with Gasteiger partial charge in [-0.2, -0.15) is 0 Å². The largest absolute Gasteiger partial charge is 0.399 e. The summed E-state index contributed by atoms with van der Waals surface area (Å²) in [4.78, 5) is 12.0. The summed E-state index contributed by atoms with van der Waals surface area (Å²) in [6, 6.07) is 7.85. The van der Waals surface area contributed by atoms with Crippen LogP contribution in [0.5, 0.6) is 0 Å². The Bertz CT molecular complexity index is 477. The molecule has 1 aromatic carbocycles. The van der Waals surface area contributed by atoms with Crippen molar-refractivity contribution in [2.75, 3.05) is 17.2 Å². The third-order valence-corrected chi connectivity index (χ3v) is 5.13. The van der Waals surface area contributed by atoms with E-state index in [9.17, 15) is 9.00 Å². The number of anilines is 1. The lowest BCUT2D eigenvalue weighted by Crippen LogP contribution is -2.39. The first-order chi connectivity index (χ1) is 9.54. The molecular weight excluding hydrogens is 272 g/mol. The summed E-state index contributed by atoms with van der Waals surface area (Å²) in [6.07, 6.45) is 2.13. The molecule has 2 rings (SSSR count). The van der Waals surface area contributed by atoms with Crippen LogP contribution < -0.4 is 11.1 Å². The molecule has 0 radical (unpaired) electrons. The molecule has 4 nitrogen and oxygen atoms in total. The molecule has 3 N–H and O–H groups in total. The van der Waals surface area contributed by atoms with Crippen molar-refractivity contribution in [1.82, 2.24) is 5.32 Å². The molecule has 1 heterocycles. The van der Waals surface area contributed by atoms with Gasteiger partial charge in [0.05, 0.1) is 0 Å². The Hall–Kier alpha value is -1.36. The second kappa shape index (κ2) is 6.88. The number of carbonyl (C=O) groups is 1. The van der Waals surface area contributed by atoms with E-state index in [2.05, 4.69) is 5.32 Å². The third kappa shape index (κ3) is 4.34. The number of benzene rings is 1. The lowest BCUT2D eigenvalue weighted by Gasteiger charge is -2.23. The van der Waals surface area contributed by atoms with Crippen molar-refractivity contribution < 1.29 is 9.00 Å². The number of amides is 1. The van der Waals surface area contributed by atoms with Crippen LogP contribution in [0.1, 0.15) is 37.7 Å². The highest BCUT2D eigenvalue weighted by molar-refractivity contribution is 7.85. The van der Waals surface area contributed by atoms with Crippen molar-refractivity contribution in [1.29, 1.82) is 0 Å². The Morgan fingerprint density at radius 3 is 2.55 bits per heavy atom. The molecule has 5 heteroatoms. The highest BCUT2D eigenvalue weighted by atomic mass is 32.2. The Kier molecular flexibility index (Phi) is 5.17. The average Bonchev–Trinajstić information content (AvgIpc) is 2.42. The van der Waals surface area contributed by atoms with E-state index in [1.54, 1.807) is 0 Å². The zero-order valence-corrected chi connectivity index (χ0v) is 12.6. The number of hydrogen-bond acceptors (Lipinski definition) is 3. The van der Waals surface area contributed by atoms with Crippen molar-refractivity contribution in [2.45, 2.75) is 38.1 Å². The molecule has 1 aliphatic heterocycles. The van der Waals surface area contributed by atoms with Crippen molar-refractivity contribution in [2.24, 2.45) is 0 Å². The van der Waals surface area contributed by atoms with Gasteiger partial charge >= 0.3 is 0 Å². The summed E-state index contributed by atoms with van der Waals surface area (Å²) in [6.45, 7) is 2.04. The molecular formula is C15H22N2O2S. The van der Waals surface area contributed by atoms with E-state index in [0.717, 1.165) is 24.1 Å². The average molecular weight is 294 g/mol. The number of nitrogen functional groups attached to an aromatic ring is 1. The fourth-order valence-corrected chi connectivity index (χ4v) is 3.74. The van der Waals surface area contributed by atoms with Gasteiger partial charge in [-0.25, -0.2) is 0 Å². The van der Waals surface area contributed by atoms with Crippen LogP contribution in [0.25, 0.3) is 0 Å². The summed E-state index contributed by atoms with van der Waals surface area (Å²) in [5.74, 6) is 1.66. The minimum absolute atomic E-state index is 0.0759. The van der Waals surface area contributed by atoms with Gasteiger partial charge in [-0.05, 0) is 36.5 Å². The highest BCUT2D eigenvalue weighted by Gasteiger charge is 2.20. The zero-order chi connectivity index (χ0) is 14.5. The fraction of sp³-hybridized carbons (Fsp3) is 0.533. The molecule has 1 fully saturated rings. The van der Waals surface area contributed by atoms with Crippen LogP contribution in [0.15, 0.2) is 24.3 Å². The Balaban J connectivity index is 1.81. The van der Waals surface area contributed by atoms with Crippen LogP contribution in [-0.2, 0) is 15.6 Å². The fourth-order valence-electron chi connectivity index (χ4n) is 2.45. The first kappa shape index (κ1) is 15.0. The van der Waals surface area contributed by atoms with E-state index >= 15 is 0 Å².